The van der Waals surface area contributed by atoms with Crippen LogP contribution in [0.25, 0.3) is 32.6 Å². The zero-order valence-electron chi connectivity index (χ0n) is 15.7. The average Bonchev–Trinajstić information content (AvgIpc) is 3.07. The fraction of sp³-hybridized carbons (Fsp3) is 0.0800. The highest BCUT2D eigenvalue weighted by molar-refractivity contribution is 6.17. The van der Waals surface area contributed by atoms with Gasteiger partial charge in [0.15, 0.2) is 0 Å². The minimum absolute atomic E-state index is 0.0646. The van der Waals surface area contributed by atoms with Gasteiger partial charge in [0, 0.05) is 22.9 Å². The van der Waals surface area contributed by atoms with Gasteiger partial charge in [-0.2, -0.15) is 0 Å². The zero-order valence-corrected chi connectivity index (χ0v) is 15.7. The maximum absolute atomic E-state index is 12.1. The van der Waals surface area contributed by atoms with Gasteiger partial charge in [-0.1, -0.05) is 48.5 Å². The highest BCUT2D eigenvalue weighted by Crippen LogP contribution is 2.33. The Morgan fingerprint density at radius 3 is 2.62 bits per heavy atom. The maximum atomic E-state index is 12.1. The lowest BCUT2D eigenvalue weighted by Gasteiger charge is -2.11. The fourth-order valence-electron chi connectivity index (χ4n) is 4.17. The number of carbonyl (C=O) groups excluding carboxylic acids is 1. The molecular formula is C25H19N2O2. The second-order valence-electron chi connectivity index (χ2n) is 7.21. The van der Waals surface area contributed by atoms with Crippen LogP contribution in [-0.4, -0.2) is 15.6 Å². The lowest BCUT2D eigenvalue weighted by atomic mass is 10.0. The lowest BCUT2D eigenvalue weighted by Crippen LogP contribution is -2.11. The summed E-state index contributed by atoms with van der Waals surface area (Å²) in [6, 6.07) is 27.2. The molecule has 5 rings (SSSR count). The van der Waals surface area contributed by atoms with Crippen LogP contribution < -0.4 is 5.73 Å². The number of aromatic nitrogens is 1. The molecule has 0 aliphatic rings. The third-order valence-corrected chi connectivity index (χ3v) is 5.51. The van der Waals surface area contributed by atoms with Gasteiger partial charge in [0.05, 0.1) is 17.6 Å². The molecule has 1 aromatic heterocycles. The topological polar surface area (TPSA) is 68.2 Å². The Labute approximate surface area is 167 Å². The summed E-state index contributed by atoms with van der Waals surface area (Å²) in [5, 5.41) is 13.7. The van der Waals surface area contributed by atoms with Gasteiger partial charge < -0.3 is 15.4 Å². The lowest BCUT2D eigenvalue weighted by molar-refractivity contribution is 0.100. The maximum Gasteiger partial charge on any atom is 0.249 e. The molecule has 1 radical (unpaired) electrons. The molecule has 0 aliphatic heterocycles. The quantitative estimate of drug-likeness (QED) is 0.486. The molecule has 3 N–H and O–H groups in total. The number of carbonyl (C=O) groups is 1. The number of hydrogen-bond acceptors (Lipinski definition) is 2. The molecule has 0 unspecified atom stereocenters. The number of fused-ring (bicyclic) bond motifs is 4. The first-order valence-electron chi connectivity index (χ1n) is 9.50. The normalized spacial score (nSPS) is 11.5. The third-order valence-electron chi connectivity index (χ3n) is 5.51. The second kappa shape index (κ2) is 6.76. The molecule has 29 heavy (non-hydrogen) atoms. The van der Waals surface area contributed by atoms with Crippen LogP contribution in [0.4, 0.5) is 0 Å². The van der Waals surface area contributed by atoms with Crippen LogP contribution >= 0.6 is 0 Å². The van der Waals surface area contributed by atoms with Gasteiger partial charge in [-0.25, -0.2) is 0 Å². The summed E-state index contributed by atoms with van der Waals surface area (Å²) >= 11 is 0. The summed E-state index contributed by atoms with van der Waals surface area (Å²) in [4.78, 5) is 12.1. The molecule has 141 valence electrons. The monoisotopic (exact) mass is 379 g/mol. The van der Waals surface area contributed by atoms with Gasteiger partial charge in [0.25, 0.3) is 0 Å². The molecule has 1 heterocycles. The van der Waals surface area contributed by atoms with E-state index in [2.05, 4.69) is 41.0 Å². The molecule has 4 heteroatoms. The molecule has 0 fully saturated rings. The predicted molar refractivity (Wildman–Crippen MR) is 116 cm³/mol. The smallest absolute Gasteiger partial charge is 0.249 e. The number of aliphatic hydroxyl groups is 1. The van der Waals surface area contributed by atoms with Gasteiger partial charge in [-0.05, 0) is 52.2 Å². The number of primary amides is 1. The van der Waals surface area contributed by atoms with Gasteiger partial charge in [0.1, 0.15) is 0 Å². The van der Waals surface area contributed by atoms with Crippen LogP contribution in [0.5, 0.6) is 0 Å². The number of benzene rings is 4. The van der Waals surface area contributed by atoms with Gasteiger partial charge in [-0.15, -0.1) is 0 Å². The highest BCUT2D eigenvalue weighted by Gasteiger charge is 2.17. The van der Waals surface area contributed by atoms with Crippen molar-refractivity contribution in [2.24, 2.45) is 5.73 Å². The molecule has 4 aromatic carbocycles. The predicted octanol–water partition coefficient (Wildman–Crippen LogP) is 4.39. The molecule has 0 saturated carbocycles. The number of amides is 1. The summed E-state index contributed by atoms with van der Waals surface area (Å²) < 4.78 is 2.18. The van der Waals surface area contributed by atoms with Crippen LogP contribution in [-0.2, 0) is 13.2 Å². The number of nitrogens with zero attached hydrogens (tertiary/aromatic N) is 1. The van der Waals surface area contributed by atoms with E-state index < -0.39 is 5.91 Å². The first kappa shape index (κ1) is 17.5. The number of nitrogens with two attached hydrogens (primary N) is 1. The van der Waals surface area contributed by atoms with Crippen molar-refractivity contribution in [3.8, 4) is 0 Å². The van der Waals surface area contributed by atoms with E-state index in [0.717, 1.165) is 27.4 Å². The Kier molecular flexibility index (Phi) is 4.07. The van der Waals surface area contributed by atoms with Crippen molar-refractivity contribution < 1.29 is 9.90 Å². The van der Waals surface area contributed by atoms with Crippen molar-refractivity contribution in [1.82, 2.24) is 4.57 Å². The Hall–Kier alpha value is -3.63. The van der Waals surface area contributed by atoms with E-state index >= 15 is 0 Å². The van der Waals surface area contributed by atoms with Crippen LogP contribution in [0.15, 0.2) is 72.8 Å². The third kappa shape index (κ3) is 2.77. The average molecular weight is 379 g/mol. The zero-order chi connectivity index (χ0) is 20.0. The molecule has 0 atom stereocenters. The van der Waals surface area contributed by atoms with E-state index in [9.17, 15) is 9.90 Å². The molecular weight excluding hydrogens is 360 g/mol. The largest absolute Gasteiger partial charge is 0.392 e. The van der Waals surface area contributed by atoms with E-state index in [1.807, 2.05) is 30.3 Å². The van der Waals surface area contributed by atoms with Gasteiger partial charge >= 0.3 is 0 Å². The van der Waals surface area contributed by atoms with Crippen LogP contribution in [0, 0.1) is 6.07 Å². The molecule has 0 aliphatic carbocycles. The summed E-state index contributed by atoms with van der Waals surface area (Å²) in [7, 11) is 0. The van der Waals surface area contributed by atoms with Crippen molar-refractivity contribution in [3.05, 3.63) is 95.6 Å². The van der Waals surface area contributed by atoms with E-state index in [4.69, 9.17) is 5.73 Å². The number of hydrogen-bond donors (Lipinski definition) is 2. The van der Waals surface area contributed by atoms with Gasteiger partial charge in [0.2, 0.25) is 5.91 Å². The summed E-state index contributed by atoms with van der Waals surface area (Å²) in [5.41, 5.74) is 9.95. The minimum atomic E-state index is -0.459. The Balaban J connectivity index is 1.83. The molecule has 5 aromatic rings. The van der Waals surface area contributed by atoms with Crippen LogP contribution in [0.1, 0.15) is 21.5 Å². The van der Waals surface area contributed by atoms with E-state index in [1.54, 1.807) is 12.1 Å². The Morgan fingerprint density at radius 2 is 1.79 bits per heavy atom. The van der Waals surface area contributed by atoms with Crippen LogP contribution in [0.2, 0.25) is 0 Å². The van der Waals surface area contributed by atoms with Crippen molar-refractivity contribution in [3.63, 3.8) is 0 Å². The summed E-state index contributed by atoms with van der Waals surface area (Å²) in [5.74, 6) is -0.459. The van der Waals surface area contributed by atoms with E-state index in [0.29, 0.717) is 12.1 Å². The molecule has 0 saturated heterocycles. The second-order valence-corrected chi connectivity index (χ2v) is 7.21. The summed E-state index contributed by atoms with van der Waals surface area (Å²) in [6.07, 6.45) is 0. The fourth-order valence-corrected chi connectivity index (χ4v) is 4.17. The standard InChI is InChI=1S/C25H19N2O2/c26-25(29)21-9-4-10-22-24(21)20-12-11-16(15-28)13-23(20)27(22)14-18-7-3-6-17-5-1-2-8-19(17)18/h1-11,13,28H,14-15H2,(H2,26,29). The first-order valence-corrected chi connectivity index (χ1v) is 9.50. The van der Waals surface area contributed by atoms with Crippen molar-refractivity contribution >= 4 is 38.5 Å². The van der Waals surface area contributed by atoms with Gasteiger partial charge in [-0.3, -0.25) is 4.79 Å². The highest BCUT2D eigenvalue weighted by atomic mass is 16.3. The Morgan fingerprint density at radius 1 is 1.00 bits per heavy atom. The van der Waals surface area contributed by atoms with Crippen LogP contribution in [0.3, 0.4) is 0 Å². The number of aliphatic hydroxyl groups excluding tert-OH is 1. The molecule has 1 amide bonds. The van der Waals surface area contributed by atoms with E-state index in [1.165, 1.54) is 16.3 Å². The van der Waals surface area contributed by atoms with Crippen molar-refractivity contribution in [1.29, 1.82) is 0 Å². The summed E-state index contributed by atoms with van der Waals surface area (Å²) in [6.45, 7) is 0.567. The van der Waals surface area contributed by atoms with Crippen molar-refractivity contribution in [2.45, 2.75) is 13.2 Å². The van der Waals surface area contributed by atoms with E-state index in [-0.39, 0.29) is 6.61 Å². The Bertz CT molecular complexity index is 1390. The molecule has 0 bridgehead atoms. The first-order chi connectivity index (χ1) is 14.2. The number of rotatable bonds is 4. The molecule has 4 nitrogen and oxygen atoms in total. The SMILES string of the molecule is NC(=O)c1cccc2c1c1[c]cc(CO)cc1n2Cc1cccc2ccccc12. The van der Waals surface area contributed by atoms with Crippen molar-refractivity contribution in [2.75, 3.05) is 0 Å². The minimum Gasteiger partial charge on any atom is -0.392 e. The molecule has 0 spiro atoms.